The van der Waals surface area contributed by atoms with Crippen molar-refractivity contribution in [3.8, 4) is 11.5 Å². The minimum atomic E-state index is 0.148. The van der Waals surface area contributed by atoms with Gasteiger partial charge < -0.3 is 14.7 Å². The lowest BCUT2D eigenvalue weighted by Gasteiger charge is -2.34. The molecule has 0 amide bonds. The molecule has 1 aliphatic rings. The molecule has 1 saturated heterocycles. The number of ether oxygens (including phenoxy) is 1. The SMILES string of the molecule is COc1ccc(C(=O)CN2CCN(CCc3ccccc3O)CC2)cc1. The molecular formula is C21H26N2O3. The first kappa shape index (κ1) is 18.4. The maximum atomic E-state index is 12.4. The number of carbonyl (C=O) groups excluding carboxylic acids is 1. The van der Waals surface area contributed by atoms with Crippen LogP contribution in [0.5, 0.6) is 11.5 Å². The first-order chi connectivity index (χ1) is 12.7. The summed E-state index contributed by atoms with van der Waals surface area (Å²) in [6.07, 6.45) is 0.845. The van der Waals surface area contributed by atoms with E-state index in [-0.39, 0.29) is 5.78 Å². The number of Topliss-reactive ketones (excluding diaryl/α,β-unsaturated/α-hetero) is 1. The molecule has 0 bridgehead atoms. The summed E-state index contributed by atoms with van der Waals surface area (Å²) in [5.74, 6) is 1.28. The first-order valence-electron chi connectivity index (χ1n) is 9.04. The van der Waals surface area contributed by atoms with Crippen molar-refractivity contribution in [2.24, 2.45) is 0 Å². The van der Waals surface area contributed by atoms with Gasteiger partial charge in [-0.1, -0.05) is 18.2 Å². The molecule has 1 fully saturated rings. The fourth-order valence-corrected chi connectivity index (χ4v) is 3.24. The van der Waals surface area contributed by atoms with Crippen LogP contribution >= 0.6 is 0 Å². The standard InChI is InChI=1S/C21H26N2O3/c1-26-19-8-6-18(7-9-19)21(25)16-23-14-12-22(13-15-23)11-10-17-4-2-3-5-20(17)24/h2-9,24H,10-16H2,1H3. The van der Waals surface area contributed by atoms with Crippen molar-refractivity contribution in [2.45, 2.75) is 6.42 Å². The maximum absolute atomic E-state index is 12.4. The van der Waals surface area contributed by atoms with Crippen LogP contribution in [0.3, 0.4) is 0 Å². The molecule has 26 heavy (non-hydrogen) atoms. The van der Waals surface area contributed by atoms with Gasteiger partial charge in [0.15, 0.2) is 5.78 Å². The molecule has 2 aromatic rings. The van der Waals surface area contributed by atoms with E-state index in [1.165, 1.54) is 0 Å². The van der Waals surface area contributed by atoms with Gasteiger partial charge in [0.25, 0.3) is 0 Å². The van der Waals surface area contributed by atoms with E-state index in [1.807, 2.05) is 42.5 Å². The van der Waals surface area contributed by atoms with E-state index >= 15 is 0 Å². The van der Waals surface area contributed by atoms with E-state index in [9.17, 15) is 9.90 Å². The Morgan fingerprint density at radius 2 is 1.65 bits per heavy atom. The molecule has 0 atom stereocenters. The van der Waals surface area contributed by atoms with E-state index in [0.29, 0.717) is 12.3 Å². The van der Waals surface area contributed by atoms with Gasteiger partial charge in [0.1, 0.15) is 11.5 Å². The van der Waals surface area contributed by atoms with Gasteiger partial charge in [0.2, 0.25) is 0 Å². The Kier molecular flexibility index (Phi) is 6.26. The lowest BCUT2D eigenvalue weighted by molar-refractivity contribution is 0.0854. The molecule has 5 nitrogen and oxygen atoms in total. The predicted octanol–water partition coefficient (Wildman–Crippen LogP) is 2.44. The minimum absolute atomic E-state index is 0.148. The summed E-state index contributed by atoms with van der Waals surface area (Å²) in [5.41, 5.74) is 1.72. The second-order valence-electron chi connectivity index (χ2n) is 6.65. The molecule has 1 aliphatic heterocycles. The monoisotopic (exact) mass is 354 g/mol. The third-order valence-electron chi connectivity index (χ3n) is 4.93. The fraction of sp³-hybridized carbons (Fsp3) is 0.381. The third kappa shape index (κ3) is 4.84. The molecule has 3 rings (SSSR count). The van der Waals surface area contributed by atoms with Crippen molar-refractivity contribution in [3.63, 3.8) is 0 Å². The summed E-state index contributed by atoms with van der Waals surface area (Å²) in [6, 6.07) is 14.8. The van der Waals surface area contributed by atoms with Crippen molar-refractivity contribution < 1.29 is 14.6 Å². The number of aromatic hydroxyl groups is 1. The summed E-state index contributed by atoms with van der Waals surface area (Å²) in [4.78, 5) is 17.0. The number of piperazine rings is 1. The molecule has 2 aromatic carbocycles. The highest BCUT2D eigenvalue weighted by Gasteiger charge is 2.19. The van der Waals surface area contributed by atoms with Gasteiger partial charge in [-0.3, -0.25) is 9.69 Å². The van der Waals surface area contributed by atoms with Crippen molar-refractivity contribution in [3.05, 3.63) is 59.7 Å². The highest BCUT2D eigenvalue weighted by Crippen LogP contribution is 2.17. The molecule has 5 heteroatoms. The van der Waals surface area contributed by atoms with Crippen LogP contribution in [0.25, 0.3) is 0 Å². The Labute approximate surface area is 154 Å². The highest BCUT2D eigenvalue weighted by atomic mass is 16.5. The number of carbonyl (C=O) groups is 1. The van der Waals surface area contributed by atoms with Crippen molar-refractivity contribution in [1.29, 1.82) is 0 Å². The molecular weight excluding hydrogens is 328 g/mol. The Morgan fingerprint density at radius 1 is 1.00 bits per heavy atom. The molecule has 0 unspecified atom stereocenters. The smallest absolute Gasteiger partial charge is 0.176 e. The average molecular weight is 354 g/mol. The molecule has 138 valence electrons. The zero-order valence-corrected chi connectivity index (χ0v) is 15.2. The van der Waals surface area contributed by atoms with Crippen LogP contribution < -0.4 is 4.74 Å². The van der Waals surface area contributed by atoms with E-state index in [2.05, 4.69) is 9.80 Å². The number of methoxy groups -OCH3 is 1. The van der Waals surface area contributed by atoms with Crippen LogP contribution in [0.2, 0.25) is 0 Å². The van der Waals surface area contributed by atoms with Gasteiger partial charge in [-0.05, 0) is 42.3 Å². The van der Waals surface area contributed by atoms with Gasteiger partial charge in [0.05, 0.1) is 13.7 Å². The Hall–Kier alpha value is -2.37. The summed E-state index contributed by atoms with van der Waals surface area (Å²) in [5, 5.41) is 9.85. The lowest BCUT2D eigenvalue weighted by Crippen LogP contribution is -2.48. The number of phenols is 1. The van der Waals surface area contributed by atoms with Crippen LogP contribution in [-0.4, -0.2) is 67.1 Å². The molecule has 1 heterocycles. The largest absolute Gasteiger partial charge is 0.508 e. The second-order valence-corrected chi connectivity index (χ2v) is 6.65. The van der Waals surface area contributed by atoms with E-state index in [1.54, 1.807) is 13.2 Å². The Balaban J connectivity index is 1.43. The Morgan fingerprint density at radius 3 is 2.31 bits per heavy atom. The molecule has 0 saturated carbocycles. The number of rotatable bonds is 7. The lowest BCUT2D eigenvalue weighted by atomic mass is 10.1. The van der Waals surface area contributed by atoms with Crippen LogP contribution in [0.4, 0.5) is 0 Å². The average Bonchev–Trinajstić information content (AvgIpc) is 2.68. The summed E-state index contributed by atoms with van der Waals surface area (Å²) >= 11 is 0. The Bertz CT molecular complexity index is 722. The number of hydrogen-bond acceptors (Lipinski definition) is 5. The summed E-state index contributed by atoms with van der Waals surface area (Å²) in [6.45, 7) is 5.07. The highest BCUT2D eigenvalue weighted by molar-refractivity contribution is 5.97. The van der Waals surface area contributed by atoms with Gasteiger partial charge in [-0.15, -0.1) is 0 Å². The van der Waals surface area contributed by atoms with E-state index in [0.717, 1.165) is 56.0 Å². The number of para-hydroxylation sites is 1. The van der Waals surface area contributed by atoms with Crippen molar-refractivity contribution >= 4 is 5.78 Å². The number of hydrogen-bond donors (Lipinski definition) is 1. The number of benzene rings is 2. The molecule has 1 N–H and O–H groups in total. The van der Waals surface area contributed by atoms with E-state index in [4.69, 9.17) is 4.74 Å². The predicted molar refractivity (Wildman–Crippen MR) is 102 cm³/mol. The molecule has 0 radical (unpaired) electrons. The normalized spacial score (nSPS) is 15.7. The van der Waals surface area contributed by atoms with Crippen molar-refractivity contribution in [2.75, 3.05) is 46.4 Å². The fourth-order valence-electron chi connectivity index (χ4n) is 3.24. The second kappa shape index (κ2) is 8.83. The third-order valence-corrected chi connectivity index (χ3v) is 4.93. The molecule has 0 aromatic heterocycles. The minimum Gasteiger partial charge on any atom is -0.508 e. The van der Waals surface area contributed by atoms with Crippen LogP contribution in [0.15, 0.2) is 48.5 Å². The first-order valence-corrected chi connectivity index (χ1v) is 9.04. The topological polar surface area (TPSA) is 53.0 Å². The number of phenolic OH excluding ortho intramolecular Hbond substituents is 1. The molecule has 0 aliphatic carbocycles. The van der Waals surface area contributed by atoms with Crippen LogP contribution in [0, 0.1) is 0 Å². The zero-order chi connectivity index (χ0) is 18.4. The molecule has 0 spiro atoms. The van der Waals surface area contributed by atoms with Crippen molar-refractivity contribution in [1.82, 2.24) is 9.80 Å². The number of nitrogens with zero attached hydrogens (tertiary/aromatic N) is 2. The summed E-state index contributed by atoms with van der Waals surface area (Å²) < 4.78 is 5.13. The van der Waals surface area contributed by atoms with Crippen LogP contribution in [0.1, 0.15) is 15.9 Å². The van der Waals surface area contributed by atoms with Gasteiger partial charge >= 0.3 is 0 Å². The van der Waals surface area contributed by atoms with E-state index < -0.39 is 0 Å². The van der Waals surface area contributed by atoms with Crippen LogP contribution in [-0.2, 0) is 6.42 Å². The zero-order valence-electron chi connectivity index (χ0n) is 15.2. The number of ketones is 1. The maximum Gasteiger partial charge on any atom is 0.176 e. The van der Waals surface area contributed by atoms with Gasteiger partial charge in [-0.25, -0.2) is 0 Å². The summed E-state index contributed by atoms with van der Waals surface area (Å²) in [7, 11) is 1.62. The quantitative estimate of drug-likeness (QED) is 0.774. The van der Waals surface area contributed by atoms with Gasteiger partial charge in [-0.2, -0.15) is 0 Å². The van der Waals surface area contributed by atoms with Gasteiger partial charge in [0, 0.05) is 38.3 Å².